The lowest BCUT2D eigenvalue weighted by Gasteiger charge is -1.97. The molecule has 0 amide bonds. The molecule has 0 unspecified atom stereocenters. The molecule has 1 aliphatic rings. The van der Waals surface area contributed by atoms with Crippen LogP contribution in [-0.2, 0) is 22.7 Å². The molecule has 0 N–H and O–H groups in total. The Morgan fingerprint density at radius 2 is 2.42 bits per heavy atom. The first kappa shape index (κ1) is 7.31. The number of aldehydes is 1. The van der Waals surface area contributed by atoms with Gasteiger partial charge in [0.2, 0.25) is 0 Å². The van der Waals surface area contributed by atoms with Gasteiger partial charge in [-0.1, -0.05) is 12.1 Å². The van der Waals surface area contributed by atoms with E-state index in [1.807, 2.05) is 18.2 Å². The highest BCUT2D eigenvalue weighted by Crippen LogP contribution is 2.26. The van der Waals surface area contributed by atoms with Gasteiger partial charge in [-0.25, -0.2) is 0 Å². The first-order chi connectivity index (χ1) is 5.90. The molecule has 0 fully saturated rings. The van der Waals surface area contributed by atoms with Crippen molar-refractivity contribution in [2.75, 3.05) is 0 Å². The maximum atomic E-state index is 10.2. The van der Waals surface area contributed by atoms with Crippen LogP contribution in [0.1, 0.15) is 11.1 Å². The number of fused-ring (bicyclic) bond motifs is 1. The van der Waals surface area contributed by atoms with Gasteiger partial charge in [-0.05, 0) is 11.6 Å². The zero-order valence-corrected chi connectivity index (χ0v) is 6.45. The second kappa shape index (κ2) is 2.95. The zero-order valence-electron chi connectivity index (χ0n) is 6.45. The molecule has 1 aromatic rings. The fourth-order valence-electron chi connectivity index (χ4n) is 1.18. The van der Waals surface area contributed by atoms with E-state index in [4.69, 9.17) is 9.78 Å². The second-order valence-corrected chi connectivity index (χ2v) is 2.66. The smallest absolute Gasteiger partial charge is 0.171 e. The molecule has 0 spiro atoms. The molecule has 62 valence electrons. The van der Waals surface area contributed by atoms with Crippen molar-refractivity contribution < 1.29 is 14.6 Å². The number of hydrogen-bond donors (Lipinski definition) is 0. The minimum Gasteiger partial charge on any atom is -0.337 e. The highest BCUT2D eigenvalue weighted by molar-refractivity contribution is 5.56. The third-order valence-electron chi connectivity index (χ3n) is 1.81. The van der Waals surface area contributed by atoms with Crippen molar-refractivity contribution in [3.8, 4) is 5.75 Å². The summed E-state index contributed by atoms with van der Waals surface area (Å²) in [5.41, 5.74) is 1.99. The predicted octanol–water partition coefficient (Wildman–Crippen LogP) is 1.25. The summed E-state index contributed by atoms with van der Waals surface area (Å²) in [7, 11) is 0. The molecule has 1 aromatic carbocycles. The van der Waals surface area contributed by atoms with Crippen LogP contribution in [-0.4, -0.2) is 6.29 Å². The van der Waals surface area contributed by atoms with Crippen LogP contribution in [0.25, 0.3) is 0 Å². The second-order valence-electron chi connectivity index (χ2n) is 2.66. The predicted molar refractivity (Wildman–Crippen MR) is 41.6 cm³/mol. The van der Waals surface area contributed by atoms with Crippen molar-refractivity contribution in [2.24, 2.45) is 0 Å². The minimum absolute atomic E-state index is 0.427. The molecule has 3 heteroatoms. The summed E-state index contributed by atoms with van der Waals surface area (Å²) in [6.07, 6.45) is 1.30. The van der Waals surface area contributed by atoms with Gasteiger partial charge in [0.1, 0.15) is 12.9 Å². The summed E-state index contributed by atoms with van der Waals surface area (Å²) in [4.78, 5) is 19.8. The number of carbonyl (C=O) groups excluding carboxylic acids is 1. The monoisotopic (exact) mass is 164 g/mol. The molecule has 0 aliphatic carbocycles. The van der Waals surface area contributed by atoms with Crippen molar-refractivity contribution >= 4 is 6.29 Å². The van der Waals surface area contributed by atoms with E-state index >= 15 is 0 Å². The van der Waals surface area contributed by atoms with Crippen LogP contribution in [0.5, 0.6) is 5.75 Å². The molecule has 0 atom stereocenters. The Hall–Kier alpha value is -1.35. The first-order valence-electron chi connectivity index (χ1n) is 3.75. The molecular formula is C9H8O3. The Bertz CT molecular complexity index is 307. The number of rotatable bonds is 2. The third-order valence-corrected chi connectivity index (χ3v) is 1.81. The fourth-order valence-corrected chi connectivity index (χ4v) is 1.18. The molecule has 12 heavy (non-hydrogen) atoms. The molecule has 0 aromatic heterocycles. The maximum Gasteiger partial charge on any atom is 0.171 e. The van der Waals surface area contributed by atoms with Crippen LogP contribution in [0.4, 0.5) is 0 Å². The first-order valence-corrected chi connectivity index (χ1v) is 3.75. The van der Waals surface area contributed by atoms with Crippen molar-refractivity contribution in [1.82, 2.24) is 0 Å². The van der Waals surface area contributed by atoms with Gasteiger partial charge in [0.25, 0.3) is 0 Å². The highest BCUT2D eigenvalue weighted by atomic mass is 17.2. The molecule has 1 aliphatic heterocycles. The van der Waals surface area contributed by atoms with Crippen molar-refractivity contribution in [3.63, 3.8) is 0 Å². The molecule has 0 bridgehead atoms. The van der Waals surface area contributed by atoms with E-state index in [0.717, 1.165) is 23.2 Å². The summed E-state index contributed by atoms with van der Waals surface area (Å²) in [5, 5.41) is 0. The van der Waals surface area contributed by atoms with Crippen molar-refractivity contribution in [2.45, 2.75) is 13.0 Å². The molecular weight excluding hydrogens is 156 g/mol. The van der Waals surface area contributed by atoms with E-state index in [-0.39, 0.29) is 0 Å². The number of carbonyl (C=O) groups is 1. The lowest BCUT2D eigenvalue weighted by Crippen LogP contribution is -1.87. The van der Waals surface area contributed by atoms with Crippen LogP contribution in [0.2, 0.25) is 0 Å². The third kappa shape index (κ3) is 1.19. The summed E-state index contributed by atoms with van der Waals surface area (Å²) in [6, 6.07) is 5.66. The highest BCUT2D eigenvalue weighted by Gasteiger charge is 2.13. The normalized spacial score (nSPS) is 13.7. The Labute approximate surface area is 69.8 Å². The fraction of sp³-hybridized carbons (Fsp3) is 0.222. The summed E-state index contributed by atoms with van der Waals surface area (Å²) < 4.78 is 0. The van der Waals surface area contributed by atoms with Crippen LogP contribution < -0.4 is 4.89 Å². The van der Waals surface area contributed by atoms with Crippen LogP contribution in [0.15, 0.2) is 18.2 Å². The topological polar surface area (TPSA) is 35.5 Å². The molecule has 1 heterocycles. The van der Waals surface area contributed by atoms with Crippen LogP contribution in [0, 0.1) is 0 Å². The van der Waals surface area contributed by atoms with Crippen LogP contribution >= 0.6 is 0 Å². The lowest BCUT2D eigenvalue weighted by molar-refractivity contribution is -0.194. The van der Waals surface area contributed by atoms with Gasteiger partial charge in [-0.15, -0.1) is 0 Å². The SMILES string of the molecule is O=CCc1ccc2c(c1)OOC2. The van der Waals surface area contributed by atoms with E-state index in [1.54, 1.807) is 0 Å². The van der Waals surface area contributed by atoms with Gasteiger partial charge in [0.05, 0.1) is 0 Å². The van der Waals surface area contributed by atoms with Gasteiger partial charge >= 0.3 is 0 Å². The standard InChI is InChI=1S/C9H8O3/c10-4-3-7-1-2-8-6-11-12-9(8)5-7/h1-2,4-5H,3,6H2. The summed E-state index contributed by atoms with van der Waals surface area (Å²) >= 11 is 0. The van der Waals surface area contributed by atoms with Crippen molar-refractivity contribution in [1.29, 1.82) is 0 Å². The molecule has 2 rings (SSSR count). The number of hydrogen-bond acceptors (Lipinski definition) is 3. The minimum atomic E-state index is 0.427. The van der Waals surface area contributed by atoms with Crippen LogP contribution in [0.3, 0.4) is 0 Å². The van der Waals surface area contributed by atoms with Gasteiger partial charge in [-0.2, -0.15) is 4.89 Å². The summed E-state index contributed by atoms with van der Waals surface area (Å²) in [5.74, 6) is 0.731. The average molecular weight is 164 g/mol. The lowest BCUT2D eigenvalue weighted by atomic mass is 10.1. The Kier molecular flexibility index (Phi) is 1.80. The van der Waals surface area contributed by atoms with Crippen molar-refractivity contribution in [3.05, 3.63) is 29.3 Å². The Balaban J connectivity index is 2.32. The number of benzene rings is 1. The molecule has 0 saturated carbocycles. The van der Waals surface area contributed by atoms with E-state index in [1.165, 1.54) is 0 Å². The molecule has 0 radical (unpaired) electrons. The maximum absolute atomic E-state index is 10.2. The summed E-state index contributed by atoms with van der Waals surface area (Å²) in [6.45, 7) is 0.497. The van der Waals surface area contributed by atoms with Gasteiger partial charge < -0.3 is 9.68 Å². The largest absolute Gasteiger partial charge is 0.337 e. The van der Waals surface area contributed by atoms with E-state index in [2.05, 4.69) is 0 Å². The van der Waals surface area contributed by atoms with E-state index < -0.39 is 0 Å². The van der Waals surface area contributed by atoms with E-state index in [0.29, 0.717) is 13.0 Å². The zero-order chi connectivity index (χ0) is 8.39. The van der Waals surface area contributed by atoms with E-state index in [9.17, 15) is 4.79 Å². The van der Waals surface area contributed by atoms with Gasteiger partial charge in [0, 0.05) is 12.0 Å². The van der Waals surface area contributed by atoms with Gasteiger partial charge in [0.15, 0.2) is 5.75 Å². The Morgan fingerprint density at radius 3 is 3.25 bits per heavy atom. The average Bonchev–Trinajstić information content (AvgIpc) is 2.51. The quantitative estimate of drug-likeness (QED) is 0.487. The molecule has 3 nitrogen and oxygen atoms in total. The van der Waals surface area contributed by atoms with Gasteiger partial charge in [-0.3, -0.25) is 0 Å². The molecule has 0 saturated heterocycles. The Morgan fingerprint density at radius 1 is 1.50 bits per heavy atom.